The number of rotatable bonds is 2. The second-order valence-corrected chi connectivity index (χ2v) is 4.60. The summed E-state index contributed by atoms with van der Waals surface area (Å²) in [4.78, 5) is 7.72. The zero-order valence-electron chi connectivity index (χ0n) is 11.1. The third-order valence-corrected chi connectivity index (χ3v) is 3.26. The summed E-state index contributed by atoms with van der Waals surface area (Å²) in [7, 11) is 1.43. The number of nitrogens with one attached hydrogen (secondary N) is 1. The van der Waals surface area contributed by atoms with Crippen molar-refractivity contribution in [2.24, 2.45) is 0 Å². The van der Waals surface area contributed by atoms with Crippen LogP contribution in [0.2, 0.25) is 0 Å². The van der Waals surface area contributed by atoms with Crippen LogP contribution < -0.4 is 4.74 Å². The molecule has 20 heavy (non-hydrogen) atoms. The maximum Gasteiger partial charge on any atom is 0.200 e. The van der Waals surface area contributed by atoms with Gasteiger partial charge in [-0.2, -0.15) is 0 Å². The summed E-state index contributed by atoms with van der Waals surface area (Å²) >= 11 is 0. The van der Waals surface area contributed by atoms with E-state index in [9.17, 15) is 10.2 Å². The van der Waals surface area contributed by atoms with Crippen LogP contribution in [0.5, 0.6) is 17.2 Å². The Balaban J connectivity index is 2.20. The first-order valence-corrected chi connectivity index (χ1v) is 6.16. The van der Waals surface area contributed by atoms with E-state index in [-0.39, 0.29) is 17.2 Å². The number of phenols is 2. The van der Waals surface area contributed by atoms with E-state index in [1.165, 1.54) is 13.2 Å². The Morgan fingerprint density at radius 3 is 2.70 bits per heavy atom. The van der Waals surface area contributed by atoms with Gasteiger partial charge < -0.3 is 19.9 Å². The quantitative estimate of drug-likeness (QED) is 0.625. The number of para-hydroxylation sites is 1. The summed E-state index contributed by atoms with van der Waals surface area (Å²) in [6, 6.07) is 8.96. The van der Waals surface area contributed by atoms with Gasteiger partial charge in [0.05, 0.1) is 18.1 Å². The summed E-state index contributed by atoms with van der Waals surface area (Å²) in [5.41, 5.74) is 3.52. The third kappa shape index (κ3) is 1.84. The highest BCUT2D eigenvalue weighted by atomic mass is 16.5. The average molecular weight is 270 g/mol. The van der Waals surface area contributed by atoms with E-state index in [4.69, 9.17) is 4.74 Å². The molecule has 3 N–H and O–H groups in total. The Bertz CT molecular complexity index is 793. The fourth-order valence-electron chi connectivity index (χ4n) is 2.20. The number of nitrogens with zero attached hydrogens (tertiary/aromatic N) is 1. The van der Waals surface area contributed by atoms with Crippen LogP contribution in [0, 0.1) is 6.92 Å². The number of H-pyrrole nitrogens is 1. The molecule has 1 heterocycles. The predicted molar refractivity (Wildman–Crippen MR) is 76.1 cm³/mol. The number of hydrogen-bond donors (Lipinski definition) is 3. The van der Waals surface area contributed by atoms with Gasteiger partial charge in [0.2, 0.25) is 5.75 Å². The summed E-state index contributed by atoms with van der Waals surface area (Å²) in [5.74, 6) is 0.306. The number of aryl methyl sites for hydroxylation is 1. The molecule has 102 valence electrons. The lowest BCUT2D eigenvalue weighted by Crippen LogP contribution is -1.87. The van der Waals surface area contributed by atoms with E-state index >= 15 is 0 Å². The van der Waals surface area contributed by atoms with Crippen molar-refractivity contribution in [3.63, 3.8) is 0 Å². The van der Waals surface area contributed by atoms with E-state index in [1.807, 2.05) is 25.1 Å². The lowest BCUT2D eigenvalue weighted by Gasteiger charge is -2.07. The Labute approximate surface area is 115 Å². The number of fused-ring (bicyclic) bond motifs is 1. The molecule has 0 amide bonds. The fourth-order valence-corrected chi connectivity index (χ4v) is 2.20. The van der Waals surface area contributed by atoms with Crippen LogP contribution >= 0.6 is 0 Å². The molecule has 0 aliphatic rings. The van der Waals surface area contributed by atoms with Gasteiger partial charge in [0.15, 0.2) is 11.5 Å². The van der Waals surface area contributed by atoms with E-state index < -0.39 is 0 Å². The molecule has 0 unspecified atom stereocenters. The van der Waals surface area contributed by atoms with Crippen molar-refractivity contribution in [3.05, 3.63) is 35.9 Å². The Hall–Kier alpha value is -2.69. The molecular formula is C15H14N2O3. The van der Waals surface area contributed by atoms with Gasteiger partial charge in [-0.1, -0.05) is 12.1 Å². The van der Waals surface area contributed by atoms with E-state index in [2.05, 4.69) is 9.97 Å². The highest BCUT2D eigenvalue weighted by molar-refractivity contribution is 5.82. The van der Waals surface area contributed by atoms with Crippen molar-refractivity contribution < 1.29 is 14.9 Å². The van der Waals surface area contributed by atoms with Crippen molar-refractivity contribution >= 4 is 11.0 Å². The van der Waals surface area contributed by atoms with Crippen molar-refractivity contribution in [2.45, 2.75) is 6.92 Å². The van der Waals surface area contributed by atoms with Crippen molar-refractivity contribution in [1.82, 2.24) is 9.97 Å². The van der Waals surface area contributed by atoms with E-state index in [1.54, 1.807) is 6.07 Å². The second kappa shape index (κ2) is 4.45. The number of hydrogen-bond acceptors (Lipinski definition) is 4. The number of phenolic OH excluding ortho intramolecular Hbond substituents is 2. The molecule has 0 fully saturated rings. The van der Waals surface area contributed by atoms with Gasteiger partial charge in [-0.15, -0.1) is 0 Å². The number of aromatic amines is 1. The van der Waals surface area contributed by atoms with Crippen LogP contribution in [0.1, 0.15) is 5.56 Å². The van der Waals surface area contributed by atoms with Crippen molar-refractivity contribution in [3.8, 4) is 28.6 Å². The van der Waals surface area contributed by atoms with Crippen LogP contribution in [-0.4, -0.2) is 27.3 Å². The lowest BCUT2D eigenvalue weighted by molar-refractivity contribution is 0.351. The van der Waals surface area contributed by atoms with Crippen LogP contribution in [-0.2, 0) is 0 Å². The minimum Gasteiger partial charge on any atom is -0.504 e. The molecule has 5 heteroatoms. The largest absolute Gasteiger partial charge is 0.504 e. The van der Waals surface area contributed by atoms with Crippen molar-refractivity contribution in [1.29, 1.82) is 0 Å². The van der Waals surface area contributed by atoms with E-state index in [0.29, 0.717) is 11.4 Å². The number of ether oxygens (including phenoxy) is 1. The highest BCUT2D eigenvalue weighted by Crippen LogP contribution is 2.39. The number of imidazole rings is 1. The van der Waals surface area contributed by atoms with Crippen LogP contribution in [0.25, 0.3) is 22.4 Å². The molecule has 0 bridgehead atoms. The van der Waals surface area contributed by atoms with Gasteiger partial charge in [-0.05, 0) is 30.7 Å². The Morgan fingerprint density at radius 2 is 2.00 bits per heavy atom. The fraction of sp³-hybridized carbons (Fsp3) is 0.133. The average Bonchev–Trinajstić information content (AvgIpc) is 2.87. The van der Waals surface area contributed by atoms with Crippen molar-refractivity contribution in [2.75, 3.05) is 7.11 Å². The molecular weight excluding hydrogens is 256 g/mol. The lowest BCUT2D eigenvalue weighted by atomic mass is 10.1. The predicted octanol–water partition coefficient (Wildman–Crippen LogP) is 2.96. The molecule has 1 aromatic heterocycles. The van der Waals surface area contributed by atoms with Gasteiger partial charge in [0.1, 0.15) is 5.82 Å². The third-order valence-electron chi connectivity index (χ3n) is 3.26. The van der Waals surface area contributed by atoms with Crippen LogP contribution in [0.15, 0.2) is 30.3 Å². The highest BCUT2D eigenvalue weighted by Gasteiger charge is 2.13. The SMILES string of the molecule is COc1cc(-c2nc3c(C)cccc3[nH]2)cc(O)c1O. The van der Waals surface area contributed by atoms with Crippen LogP contribution in [0.3, 0.4) is 0 Å². The molecule has 0 saturated heterocycles. The molecule has 3 rings (SSSR count). The molecule has 0 aliphatic carbocycles. The Morgan fingerprint density at radius 1 is 1.20 bits per heavy atom. The number of aromatic nitrogens is 2. The topological polar surface area (TPSA) is 78.4 Å². The molecule has 0 atom stereocenters. The number of methoxy groups -OCH3 is 1. The van der Waals surface area contributed by atoms with Gasteiger partial charge in [-0.25, -0.2) is 4.98 Å². The first-order valence-electron chi connectivity index (χ1n) is 6.16. The molecule has 2 aromatic carbocycles. The molecule has 0 saturated carbocycles. The zero-order chi connectivity index (χ0) is 14.3. The van der Waals surface area contributed by atoms with Gasteiger partial charge in [0, 0.05) is 5.56 Å². The van der Waals surface area contributed by atoms with Crippen LogP contribution in [0.4, 0.5) is 0 Å². The first kappa shape index (κ1) is 12.3. The number of benzene rings is 2. The summed E-state index contributed by atoms with van der Waals surface area (Å²) in [6.07, 6.45) is 0. The monoisotopic (exact) mass is 270 g/mol. The molecule has 0 aliphatic heterocycles. The van der Waals surface area contributed by atoms with Gasteiger partial charge in [0.25, 0.3) is 0 Å². The maximum absolute atomic E-state index is 9.73. The smallest absolute Gasteiger partial charge is 0.200 e. The summed E-state index contributed by atoms with van der Waals surface area (Å²) < 4.78 is 5.03. The number of aromatic hydroxyl groups is 2. The summed E-state index contributed by atoms with van der Waals surface area (Å²) in [6.45, 7) is 1.99. The standard InChI is InChI=1S/C15H14N2O3/c1-8-4-3-5-10-13(8)17-15(16-10)9-6-11(18)14(19)12(7-9)20-2/h3-7,18-19H,1-2H3,(H,16,17). The van der Waals surface area contributed by atoms with Gasteiger partial charge >= 0.3 is 0 Å². The molecule has 0 spiro atoms. The molecule has 0 radical (unpaired) electrons. The first-order chi connectivity index (χ1) is 9.60. The molecule has 5 nitrogen and oxygen atoms in total. The minimum atomic E-state index is -0.274. The normalized spacial score (nSPS) is 10.9. The van der Waals surface area contributed by atoms with E-state index in [0.717, 1.165) is 16.6 Å². The minimum absolute atomic E-state index is 0.206. The second-order valence-electron chi connectivity index (χ2n) is 4.60. The van der Waals surface area contributed by atoms with Gasteiger partial charge in [-0.3, -0.25) is 0 Å². The molecule has 3 aromatic rings. The maximum atomic E-state index is 9.73. The summed E-state index contributed by atoms with van der Waals surface area (Å²) in [5, 5.41) is 19.4. The Kier molecular flexibility index (Phi) is 2.75. The zero-order valence-corrected chi connectivity index (χ0v) is 11.1.